The van der Waals surface area contributed by atoms with Crippen LogP contribution in [0.3, 0.4) is 0 Å². The number of aromatic nitrogens is 3. The van der Waals surface area contributed by atoms with E-state index in [4.69, 9.17) is 23.8 Å². The first kappa shape index (κ1) is 20.8. The SMILES string of the molecule is Cc1cccc(-c2n[nH]c(=S)n2CC(=O)NCC(=O)Nc2cccc(Cl)c2C)c1. The lowest BCUT2D eigenvalue weighted by Crippen LogP contribution is -2.35. The number of carbonyl (C=O) groups excluding carboxylic acids is 2. The van der Waals surface area contributed by atoms with Crippen molar-refractivity contribution in [2.45, 2.75) is 20.4 Å². The van der Waals surface area contributed by atoms with Crippen LogP contribution in [-0.4, -0.2) is 33.1 Å². The second-order valence-corrected chi connectivity index (χ2v) is 7.34. The normalized spacial score (nSPS) is 10.6. The third-order valence-electron chi connectivity index (χ3n) is 4.32. The van der Waals surface area contributed by atoms with Gasteiger partial charge in [-0.1, -0.05) is 41.4 Å². The van der Waals surface area contributed by atoms with Crippen LogP contribution in [0, 0.1) is 18.6 Å². The summed E-state index contributed by atoms with van der Waals surface area (Å²) in [5.74, 6) is -0.138. The van der Waals surface area contributed by atoms with Crippen molar-refractivity contribution in [3.05, 3.63) is 63.4 Å². The quantitative estimate of drug-likeness (QED) is 0.522. The van der Waals surface area contributed by atoms with Crippen LogP contribution in [-0.2, 0) is 16.1 Å². The summed E-state index contributed by atoms with van der Waals surface area (Å²) in [6, 6.07) is 13.0. The Hall–Kier alpha value is -2.97. The Kier molecular flexibility index (Phi) is 6.46. The van der Waals surface area contributed by atoms with Crippen molar-refractivity contribution in [3.63, 3.8) is 0 Å². The van der Waals surface area contributed by atoms with E-state index in [2.05, 4.69) is 20.8 Å². The monoisotopic (exact) mass is 429 g/mol. The number of halogens is 1. The molecule has 0 aliphatic rings. The molecule has 2 amide bonds. The van der Waals surface area contributed by atoms with Gasteiger partial charge in [-0.05, 0) is 49.8 Å². The molecule has 2 aromatic carbocycles. The molecule has 0 bridgehead atoms. The number of benzene rings is 2. The maximum absolute atomic E-state index is 12.4. The molecule has 3 N–H and O–H groups in total. The first-order chi connectivity index (χ1) is 13.8. The van der Waals surface area contributed by atoms with Crippen LogP contribution >= 0.6 is 23.8 Å². The molecule has 0 radical (unpaired) electrons. The van der Waals surface area contributed by atoms with E-state index in [9.17, 15) is 9.59 Å². The Morgan fingerprint density at radius 2 is 1.93 bits per heavy atom. The number of nitrogens with zero attached hydrogens (tertiary/aromatic N) is 2. The van der Waals surface area contributed by atoms with Crippen molar-refractivity contribution in [1.82, 2.24) is 20.1 Å². The Balaban J connectivity index is 1.63. The van der Waals surface area contributed by atoms with E-state index < -0.39 is 0 Å². The number of hydrogen-bond donors (Lipinski definition) is 3. The molecule has 0 fully saturated rings. The summed E-state index contributed by atoms with van der Waals surface area (Å²) in [6.07, 6.45) is 0. The third-order valence-corrected chi connectivity index (χ3v) is 5.05. The zero-order valence-corrected chi connectivity index (χ0v) is 17.5. The summed E-state index contributed by atoms with van der Waals surface area (Å²) in [6.45, 7) is 3.56. The summed E-state index contributed by atoms with van der Waals surface area (Å²) < 4.78 is 1.93. The molecule has 0 spiro atoms. The fourth-order valence-corrected chi connectivity index (χ4v) is 3.16. The Morgan fingerprint density at radius 1 is 1.17 bits per heavy atom. The summed E-state index contributed by atoms with van der Waals surface area (Å²) in [4.78, 5) is 24.5. The molecule has 1 aromatic heterocycles. The summed E-state index contributed by atoms with van der Waals surface area (Å²) in [5, 5.41) is 12.8. The van der Waals surface area contributed by atoms with E-state index in [1.165, 1.54) is 0 Å². The van der Waals surface area contributed by atoms with E-state index >= 15 is 0 Å². The zero-order chi connectivity index (χ0) is 21.0. The zero-order valence-electron chi connectivity index (χ0n) is 16.0. The molecular formula is C20H20ClN5O2S. The summed E-state index contributed by atoms with van der Waals surface area (Å²) in [7, 11) is 0. The van der Waals surface area contributed by atoms with E-state index in [-0.39, 0.29) is 24.9 Å². The molecule has 0 unspecified atom stereocenters. The topological polar surface area (TPSA) is 91.8 Å². The summed E-state index contributed by atoms with van der Waals surface area (Å²) in [5.41, 5.74) is 3.29. The van der Waals surface area contributed by atoms with Gasteiger partial charge in [-0.15, -0.1) is 0 Å². The predicted octanol–water partition coefficient (Wildman–Crippen LogP) is 3.63. The van der Waals surface area contributed by atoms with Crippen molar-refractivity contribution in [2.75, 3.05) is 11.9 Å². The first-order valence-electron chi connectivity index (χ1n) is 8.89. The minimum Gasteiger partial charge on any atom is -0.345 e. The van der Waals surface area contributed by atoms with E-state index in [1.54, 1.807) is 22.8 Å². The molecule has 29 heavy (non-hydrogen) atoms. The van der Waals surface area contributed by atoms with Gasteiger partial charge in [-0.25, -0.2) is 0 Å². The highest BCUT2D eigenvalue weighted by atomic mass is 35.5. The molecule has 1 heterocycles. The Morgan fingerprint density at radius 3 is 2.69 bits per heavy atom. The number of hydrogen-bond acceptors (Lipinski definition) is 4. The van der Waals surface area contributed by atoms with Gasteiger partial charge in [0.25, 0.3) is 0 Å². The van der Waals surface area contributed by atoms with Gasteiger partial charge in [0.05, 0.1) is 6.54 Å². The van der Waals surface area contributed by atoms with Crippen LogP contribution in [0.2, 0.25) is 5.02 Å². The van der Waals surface area contributed by atoms with Crippen molar-refractivity contribution in [2.24, 2.45) is 0 Å². The minimum atomic E-state index is -0.352. The number of nitrogens with one attached hydrogen (secondary N) is 3. The molecule has 0 saturated heterocycles. The fraction of sp³-hybridized carbons (Fsp3) is 0.200. The van der Waals surface area contributed by atoms with Gasteiger partial charge in [-0.3, -0.25) is 19.3 Å². The first-order valence-corrected chi connectivity index (χ1v) is 9.67. The number of amides is 2. The second kappa shape index (κ2) is 9.02. The average molecular weight is 430 g/mol. The van der Waals surface area contributed by atoms with Crippen molar-refractivity contribution < 1.29 is 9.59 Å². The minimum absolute atomic E-state index is 0.0535. The fourth-order valence-electron chi connectivity index (χ4n) is 2.78. The van der Waals surface area contributed by atoms with Crippen LogP contribution in [0.25, 0.3) is 11.4 Å². The van der Waals surface area contributed by atoms with Crippen LogP contribution in [0.15, 0.2) is 42.5 Å². The lowest BCUT2D eigenvalue weighted by molar-refractivity contribution is -0.124. The molecule has 3 aromatic rings. The van der Waals surface area contributed by atoms with Gasteiger partial charge in [-0.2, -0.15) is 5.10 Å². The Labute approximate surface area is 178 Å². The molecular weight excluding hydrogens is 410 g/mol. The van der Waals surface area contributed by atoms with E-state index in [1.807, 2.05) is 38.1 Å². The number of H-pyrrole nitrogens is 1. The largest absolute Gasteiger partial charge is 0.345 e. The maximum atomic E-state index is 12.4. The number of aromatic amines is 1. The van der Waals surface area contributed by atoms with Crippen molar-refractivity contribution >= 4 is 41.3 Å². The lowest BCUT2D eigenvalue weighted by atomic mass is 10.1. The van der Waals surface area contributed by atoms with Crippen LogP contribution in [0.4, 0.5) is 5.69 Å². The molecule has 3 rings (SSSR count). The van der Waals surface area contributed by atoms with Crippen LogP contribution < -0.4 is 10.6 Å². The standard InChI is InChI=1S/C20H20ClN5O2S/c1-12-5-3-6-14(9-12)19-24-25-20(29)26(19)11-18(28)22-10-17(27)23-16-8-4-7-15(21)13(16)2/h3-9H,10-11H2,1-2H3,(H,22,28)(H,23,27)(H,25,29). The van der Waals surface area contributed by atoms with Gasteiger partial charge in [0, 0.05) is 16.3 Å². The number of rotatable bonds is 6. The van der Waals surface area contributed by atoms with E-state index in [0.717, 1.165) is 16.7 Å². The molecule has 0 atom stereocenters. The Bertz CT molecular complexity index is 1120. The highest BCUT2D eigenvalue weighted by molar-refractivity contribution is 7.71. The average Bonchev–Trinajstić information content (AvgIpc) is 3.04. The number of anilines is 1. The van der Waals surface area contributed by atoms with Gasteiger partial charge in [0.1, 0.15) is 6.54 Å². The molecule has 0 aliphatic carbocycles. The highest BCUT2D eigenvalue weighted by Gasteiger charge is 2.14. The lowest BCUT2D eigenvalue weighted by Gasteiger charge is -2.11. The van der Waals surface area contributed by atoms with Crippen LogP contribution in [0.1, 0.15) is 11.1 Å². The predicted molar refractivity (Wildman–Crippen MR) is 115 cm³/mol. The van der Waals surface area contributed by atoms with Crippen molar-refractivity contribution in [3.8, 4) is 11.4 Å². The second-order valence-electron chi connectivity index (χ2n) is 6.55. The maximum Gasteiger partial charge on any atom is 0.243 e. The van der Waals surface area contributed by atoms with Gasteiger partial charge in [0.2, 0.25) is 11.8 Å². The van der Waals surface area contributed by atoms with Crippen molar-refractivity contribution in [1.29, 1.82) is 0 Å². The van der Waals surface area contributed by atoms with E-state index in [0.29, 0.717) is 21.3 Å². The van der Waals surface area contributed by atoms with Gasteiger partial charge < -0.3 is 10.6 Å². The molecule has 0 aliphatic heterocycles. The highest BCUT2D eigenvalue weighted by Crippen LogP contribution is 2.22. The smallest absolute Gasteiger partial charge is 0.243 e. The number of aryl methyl sites for hydroxylation is 1. The molecule has 9 heteroatoms. The van der Waals surface area contributed by atoms with Gasteiger partial charge in [0.15, 0.2) is 10.6 Å². The summed E-state index contributed by atoms with van der Waals surface area (Å²) >= 11 is 11.3. The molecule has 150 valence electrons. The van der Waals surface area contributed by atoms with Gasteiger partial charge >= 0.3 is 0 Å². The van der Waals surface area contributed by atoms with Crippen LogP contribution in [0.5, 0.6) is 0 Å². The molecule has 0 saturated carbocycles. The third kappa shape index (κ3) is 5.10. The number of carbonyl (C=O) groups is 2. The molecule has 7 nitrogen and oxygen atoms in total.